The van der Waals surface area contributed by atoms with E-state index in [1.165, 1.54) is 24.1 Å². The third kappa shape index (κ3) is 3.72. The van der Waals surface area contributed by atoms with Crippen LogP contribution in [0.4, 0.5) is 9.18 Å². The van der Waals surface area contributed by atoms with Crippen LogP contribution in [0.5, 0.6) is 5.75 Å². The summed E-state index contributed by atoms with van der Waals surface area (Å²) in [4.78, 5) is 21.2. The van der Waals surface area contributed by atoms with Gasteiger partial charge < -0.3 is 14.5 Å². The highest BCUT2D eigenvalue weighted by Crippen LogP contribution is 2.24. The number of piperidine rings is 1. The summed E-state index contributed by atoms with van der Waals surface area (Å²) >= 11 is 0. The summed E-state index contributed by atoms with van der Waals surface area (Å²) in [6, 6.07) is 4.75. The molecule has 7 heteroatoms. The summed E-state index contributed by atoms with van der Waals surface area (Å²) in [5.74, 6) is -0.270. The molecule has 1 fully saturated rings. The molecule has 1 amide bonds. The molecule has 0 saturated carbocycles. The van der Waals surface area contributed by atoms with Crippen LogP contribution in [0.3, 0.4) is 0 Å². The molecule has 0 bridgehead atoms. The van der Waals surface area contributed by atoms with Crippen LogP contribution in [-0.2, 0) is 0 Å². The van der Waals surface area contributed by atoms with Crippen molar-refractivity contribution in [3.05, 3.63) is 36.5 Å². The number of hydrogen-bond donors (Lipinski definition) is 0. The van der Waals surface area contributed by atoms with Crippen LogP contribution in [0.15, 0.2) is 30.7 Å². The van der Waals surface area contributed by atoms with Crippen molar-refractivity contribution < 1.29 is 13.9 Å². The molecule has 0 unspecified atom stereocenters. The van der Waals surface area contributed by atoms with E-state index < -0.39 is 5.82 Å². The topological polar surface area (TPSA) is 50.6 Å². The second-order valence-electron chi connectivity index (χ2n) is 6.57. The van der Waals surface area contributed by atoms with Crippen molar-refractivity contribution in [2.45, 2.75) is 25.8 Å². The minimum absolute atomic E-state index is 0.118. The zero-order valence-electron chi connectivity index (χ0n) is 15.5. The van der Waals surface area contributed by atoms with Crippen molar-refractivity contribution in [1.29, 1.82) is 0 Å². The van der Waals surface area contributed by atoms with Crippen LogP contribution >= 0.6 is 0 Å². The van der Waals surface area contributed by atoms with Crippen molar-refractivity contribution in [3.63, 3.8) is 0 Å². The summed E-state index contributed by atoms with van der Waals surface area (Å²) in [5, 5.41) is 0. The quantitative estimate of drug-likeness (QED) is 0.841. The van der Waals surface area contributed by atoms with E-state index in [-0.39, 0.29) is 17.8 Å². The molecule has 1 saturated heterocycles. The van der Waals surface area contributed by atoms with Gasteiger partial charge in [-0.3, -0.25) is 4.57 Å². The maximum absolute atomic E-state index is 13.9. The summed E-state index contributed by atoms with van der Waals surface area (Å²) in [7, 11) is 3.26. The number of imidazole rings is 1. The van der Waals surface area contributed by atoms with Gasteiger partial charge in [0.15, 0.2) is 11.6 Å². The number of methoxy groups -OCH3 is 1. The number of aromatic nitrogens is 2. The molecule has 26 heavy (non-hydrogen) atoms. The largest absolute Gasteiger partial charge is 0.494 e. The van der Waals surface area contributed by atoms with Gasteiger partial charge >= 0.3 is 6.03 Å². The zero-order valence-corrected chi connectivity index (χ0v) is 15.5. The van der Waals surface area contributed by atoms with E-state index in [4.69, 9.17) is 4.74 Å². The van der Waals surface area contributed by atoms with Crippen LogP contribution in [0.1, 0.15) is 19.8 Å². The molecule has 1 aromatic carbocycles. The Morgan fingerprint density at radius 1 is 1.38 bits per heavy atom. The molecule has 1 aromatic heterocycles. The van der Waals surface area contributed by atoms with Crippen molar-refractivity contribution in [3.8, 4) is 17.0 Å². The maximum atomic E-state index is 13.9. The second-order valence-corrected chi connectivity index (χ2v) is 6.57. The average Bonchev–Trinajstić information content (AvgIpc) is 3.17. The number of hydrogen-bond acceptors (Lipinski definition) is 4. The summed E-state index contributed by atoms with van der Waals surface area (Å²) in [5.41, 5.74) is 1.16. The Labute approximate surface area is 153 Å². The molecule has 0 aliphatic carbocycles. The molecule has 0 spiro atoms. The van der Waals surface area contributed by atoms with Crippen LogP contribution in [0, 0.1) is 5.82 Å². The lowest BCUT2D eigenvalue weighted by molar-refractivity contribution is 0.139. The molecule has 2 heterocycles. The third-order valence-corrected chi connectivity index (χ3v) is 5.10. The molecular formula is C19H25FN4O2. The Bertz CT molecular complexity index is 769. The Balaban J connectivity index is 1.71. The molecule has 6 nitrogen and oxygen atoms in total. The van der Waals surface area contributed by atoms with E-state index in [2.05, 4.69) is 16.8 Å². The Hall–Kier alpha value is -2.41. The molecule has 0 N–H and O–H groups in total. The predicted molar refractivity (Wildman–Crippen MR) is 97.9 cm³/mol. The van der Waals surface area contributed by atoms with Crippen LogP contribution in [-0.4, -0.2) is 65.2 Å². The number of carbonyl (C=O) groups excluding carboxylic acids is 1. The first-order valence-corrected chi connectivity index (χ1v) is 8.91. The number of amides is 1. The monoisotopic (exact) mass is 360 g/mol. The minimum atomic E-state index is -0.453. The van der Waals surface area contributed by atoms with Crippen LogP contribution in [0.25, 0.3) is 11.3 Å². The molecule has 3 rings (SSSR count). The molecule has 0 atom stereocenters. The van der Waals surface area contributed by atoms with Gasteiger partial charge in [-0.2, -0.15) is 0 Å². The smallest absolute Gasteiger partial charge is 0.329 e. The van der Waals surface area contributed by atoms with E-state index in [1.54, 1.807) is 23.2 Å². The summed E-state index contributed by atoms with van der Waals surface area (Å²) in [6.07, 6.45) is 5.07. The second kappa shape index (κ2) is 7.86. The number of carbonyl (C=O) groups is 1. The molecular weight excluding hydrogens is 335 g/mol. The van der Waals surface area contributed by atoms with Gasteiger partial charge in [0.1, 0.15) is 6.33 Å². The maximum Gasteiger partial charge on any atom is 0.329 e. The van der Waals surface area contributed by atoms with Gasteiger partial charge in [-0.15, -0.1) is 0 Å². The van der Waals surface area contributed by atoms with Gasteiger partial charge in [0.25, 0.3) is 0 Å². The lowest BCUT2D eigenvalue weighted by Crippen LogP contribution is -2.46. The Kier molecular flexibility index (Phi) is 5.56. The SMILES string of the molecule is CCN1CCC(N(C)C(=O)n2cnc(-c3ccc(OC)c(F)c3)c2)CC1. The first-order chi connectivity index (χ1) is 12.5. The van der Waals surface area contributed by atoms with Gasteiger partial charge in [-0.1, -0.05) is 6.92 Å². The number of rotatable bonds is 4. The molecule has 1 aliphatic heterocycles. The Morgan fingerprint density at radius 2 is 2.12 bits per heavy atom. The number of ether oxygens (including phenoxy) is 1. The highest BCUT2D eigenvalue weighted by Gasteiger charge is 2.25. The fourth-order valence-corrected chi connectivity index (χ4v) is 3.36. The van der Waals surface area contributed by atoms with E-state index in [0.29, 0.717) is 11.3 Å². The molecule has 0 radical (unpaired) electrons. The number of nitrogens with zero attached hydrogens (tertiary/aromatic N) is 4. The van der Waals surface area contributed by atoms with Crippen LogP contribution < -0.4 is 4.74 Å². The van der Waals surface area contributed by atoms with E-state index in [9.17, 15) is 9.18 Å². The van der Waals surface area contributed by atoms with Gasteiger partial charge in [0, 0.05) is 37.9 Å². The van der Waals surface area contributed by atoms with Crippen molar-refractivity contribution >= 4 is 6.03 Å². The average molecular weight is 360 g/mol. The predicted octanol–water partition coefficient (Wildman–Crippen LogP) is 3.08. The Morgan fingerprint density at radius 3 is 2.73 bits per heavy atom. The first-order valence-electron chi connectivity index (χ1n) is 8.91. The fourth-order valence-electron chi connectivity index (χ4n) is 3.36. The first kappa shape index (κ1) is 18.4. The van der Waals surface area contributed by atoms with Gasteiger partial charge in [0.05, 0.1) is 12.8 Å². The van der Waals surface area contributed by atoms with Gasteiger partial charge in [0.2, 0.25) is 0 Å². The lowest BCUT2D eigenvalue weighted by atomic mass is 10.0. The van der Waals surface area contributed by atoms with Crippen molar-refractivity contribution in [1.82, 2.24) is 19.4 Å². The fraction of sp³-hybridized carbons (Fsp3) is 0.474. The number of halogens is 1. The minimum Gasteiger partial charge on any atom is -0.494 e. The highest BCUT2D eigenvalue weighted by atomic mass is 19.1. The summed E-state index contributed by atoms with van der Waals surface area (Å²) < 4.78 is 20.3. The van der Waals surface area contributed by atoms with Crippen LogP contribution in [0.2, 0.25) is 0 Å². The van der Waals surface area contributed by atoms with E-state index in [1.807, 2.05) is 7.05 Å². The molecule has 2 aromatic rings. The number of likely N-dealkylation sites (tertiary alicyclic amines) is 1. The molecule has 1 aliphatic rings. The van der Waals surface area contributed by atoms with Crippen molar-refractivity contribution in [2.75, 3.05) is 33.8 Å². The third-order valence-electron chi connectivity index (χ3n) is 5.10. The lowest BCUT2D eigenvalue weighted by Gasteiger charge is -2.36. The highest BCUT2D eigenvalue weighted by molar-refractivity contribution is 5.78. The van der Waals surface area contributed by atoms with Gasteiger partial charge in [-0.05, 0) is 37.6 Å². The standard InChI is InChI=1S/C19H25FN4O2/c1-4-23-9-7-15(8-10-23)22(2)19(25)24-12-17(21-13-24)14-5-6-18(26-3)16(20)11-14/h5-6,11-13,15H,4,7-10H2,1-3H3. The van der Waals surface area contributed by atoms with Crippen molar-refractivity contribution in [2.24, 2.45) is 0 Å². The van der Waals surface area contributed by atoms with E-state index in [0.717, 1.165) is 32.5 Å². The molecule has 140 valence electrons. The normalized spacial score (nSPS) is 15.8. The van der Waals surface area contributed by atoms with E-state index >= 15 is 0 Å². The van der Waals surface area contributed by atoms with Gasteiger partial charge in [-0.25, -0.2) is 14.2 Å². The summed E-state index contributed by atoms with van der Waals surface area (Å²) in [6.45, 7) is 5.23. The number of benzene rings is 1. The zero-order chi connectivity index (χ0) is 18.7.